The molecule has 1 amide bonds. The first-order valence-electron chi connectivity index (χ1n) is 6.36. The van der Waals surface area contributed by atoms with Crippen LogP contribution in [-0.2, 0) is 14.3 Å². The number of carbonyl (C=O) groups is 3. The maximum atomic E-state index is 11.9. The van der Waals surface area contributed by atoms with E-state index in [9.17, 15) is 14.4 Å². The largest absolute Gasteiger partial charge is 0.464 e. The van der Waals surface area contributed by atoms with Gasteiger partial charge in [0.1, 0.15) is 6.54 Å². The second kappa shape index (κ2) is 6.17. The zero-order valence-electron chi connectivity index (χ0n) is 11.0. The molecule has 0 fully saturated rings. The number of fused-ring (bicyclic) bond motifs is 1. The number of ketones is 1. The third-order valence-electron chi connectivity index (χ3n) is 2.98. The third-order valence-corrected chi connectivity index (χ3v) is 3.48. The van der Waals surface area contributed by atoms with Gasteiger partial charge in [-0.2, -0.15) is 0 Å². The Labute approximate surface area is 125 Å². The maximum absolute atomic E-state index is 11.9. The molecule has 0 unspecified atom stereocenters. The molecule has 0 saturated heterocycles. The topological polar surface area (TPSA) is 63.7 Å². The minimum absolute atomic E-state index is 0.238. The van der Waals surface area contributed by atoms with Gasteiger partial charge in [0.05, 0.1) is 17.9 Å². The number of halogens is 1. The molecule has 6 heteroatoms. The Hall–Kier alpha value is -1.69. The molecule has 1 aromatic rings. The van der Waals surface area contributed by atoms with Gasteiger partial charge in [-0.05, 0) is 24.6 Å². The fraction of sp³-hybridized carbons (Fsp3) is 0.357. The highest BCUT2D eigenvalue weighted by Crippen LogP contribution is 2.31. The van der Waals surface area contributed by atoms with Crippen LogP contribution in [0.25, 0.3) is 0 Å². The monoisotopic (exact) mass is 339 g/mol. The lowest BCUT2D eigenvalue weighted by atomic mass is 10.1. The van der Waals surface area contributed by atoms with Crippen LogP contribution < -0.4 is 4.90 Å². The smallest absolute Gasteiger partial charge is 0.326 e. The van der Waals surface area contributed by atoms with E-state index in [1.165, 1.54) is 0 Å². The molecule has 5 nitrogen and oxygen atoms in total. The number of esters is 1. The number of amides is 1. The van der Waals surface area contributed by atoms with Crippen LogP contribution in [0.1, 0.15) is 30.1 Å². The normalized spacial score (nSPS) is 13.6. The molecule has 1 aromatic carbocycles. The summed E-state index contributed by atoms with van der Waals surface area (Å²) in [6.45, 7) is 2.08. The van der Waals surface area contributed by atoms with Crippen LogP contribution in [0.3, 0.4) is 0 Å². The number of anilines is 1. The molecular formula is C14H14BrNO4. The summed E-state index contributed by atoms with van der Waals surface area (Å²) < 4.78 is 5.76. The van der Waals surface area contributed by atoms with Crippen LogP contribution in [0.15, 0.2) is 22.7 Å². The van der Waals surface area contributed by atoms with Gasteiger partial charge in [-0.25, -0.2) is 0 Å². The molecule has 0 atom stereocenters. The molecule has 0 N–H and O–H groups in total. The average Bonchev–Trinajstić information content (AvgIpc) is 2.64. The van der Waals surface area contributed by atoms with Crippen LogP contribution in [0.5, 0.6) is 0 Å². The van der Waals surface area contributed by atoms with Crippen molar-refractivity contribution in [1.29, 1.82) is 0 Å². The Balaban J connectivity index is 2.13. The Morgan fingerprint density at radius 1 is 1.35 bits per heavy atom. The van der Waals surface area contributed by atoms with Gasteiger partial charge < -0.3 is 4.74 Å². The van der Waals surface area contributed by atoms with Gasteiger partial charge in [0, 0.05) is 4.47 Å². The fourth-order valence-corrected chi connectivity index (χ4v) is 2.28. The van der Waals surface area contributed by atoms with Gasteiger partial charge in [-0.15, -0.1) is 0 Å². The van der Waals surface area contributed by atoms with E-state index in [0.717, 1.165) is 22.2 Å². The zero-order chi connectivity index (χ0) is 14.7. The van der Waals surface area contributed by atoms with E-state index in [1.54, 1.807) is 18.2 Å². The van der Waals surface area contributed by atoms with Gasteiger partial charge in [0.15, 0.2) is 0 Å². The van der Waals surface area contributed by atoms with Crippen molar-refractivity contribution < 1.29 is 19.1 Å². The number of hydrogen-bond acceptors (Lipinski definition) is 4. The zero-order valence-corrected chi connectivity index (χ0v) is 12.6. The molecule has 0 saturated carbocycles. The number of benzene rings is 1. The maximum Gasteiger partial charge on any atom is 0.326 e. The van der Waals surface area contributed by atoms with Crippen molar-refractivity contribution in [2.45, 2.75) is 19.8 Å². The van der Waals surface area contributed by atoms with Gasteiger partial charge >= 0.3 is 5.97 Å². The van der Waals surface area contributed by atoms with Crippen molar-refractivity contribution in [2.24, 2.45) is 0 Å². The van der Waals surface area contributed by atoms with E-state index < -0.39 is 17.7 Å². The highest BCUT2D eigenvalue weighted by atomic mass is 79.9. The lowest BCUT2D eigenvalue weighted by molar-refractivity contribution is -0.142. The quantitative estimate of drug-likeness (QED) is 0.469. The summed E-state index contributed by atoms with van der Waals surface area (Å²) in [6, 6.07) is 4.91. The van der Waals surface area contributed by atoms with E-state index in [1.807, 2.05) is 6.92 Å². The molecule has 106 valence electrons. The van der Waals surface area contributed by atoms with E-state index >= 15 is 0 Å². The van der Waals surface area contributed by atoms with Gasteiger partial charge in [0.25, 0.3) is 11.7 Å². The lowest BCUT2D eigenvalue weighted by Gasteiger charge is -2.15. The fourth-order valence-electron chi connectivity index (χ4n) is 1.93. The minimum atomic E-state index is -0.689. The Kier molecular flexibility index (Phi) is 4.54. The summed E-state index contributed by atoms with van der Waals surface area (Å²) in [4.78, 5) is 36.5. The van der Waals surface area contributed by atoms with Crippen LogP contribution >= 0.6 is 15.9 Å². The van der Waals surface area contributed by atoms with E-state index in [-0.39, 0.29) is 6.54 Å². The Morgan fingerprint density at radius 2 is 2.10 bits per heavy atom. The number of rotatable bonds is 5. The van der Waals surface area contributed by atoms with Crippen LogP contribution in [0, 0.1) is 0 Å². The molecular weight excluding hydrogens is 326 g/mol. The first-order chi connectivity index (χ1) is 9.54. The molecule has 0 spiro atoms. The molecule has 2 rings (SSSR count). The molecule has 1 aliphatic heterocycles. The number of nitrogens with zero attached hydrogens (tertiary/aromatic N) is 1. The molecule has 20 heavy (non-hydrogen) atoms. The Morgan fingerprint density at radius 3 is 2.80 bits per heavy atom. The minimum Gasteiger partial charge on any atom is -0.464 e. The van der Waals surface area contributed by atoms with E-state index in [4.69, 9.17) is 4.74 Å². The summed E-state index contributed by atoms with van der Waals surface area (Å²) in [5.41, 5.74) is 0.765. The molecule has 1 aliphatic rings. The number of unbranched alkanes of at least 4 members (excludes halogenated alkanes) is 1. The third kappa shape index (κ3) is 2.90. The highest BCUT2D eigenvalue weighted by Gasteiger charge is 2.37. The second-order valence-corrected chi connectivity index (χ2v) is 5.37. The van der Waals surface area contributed by atoms with Crippen molar-refractivity contribution in [2.75, 3.05) is 18.1 Å². The predicted molar refractivity (Wildman–Crippen MR) is 76.7 cm³/mol. The van der Waals surface area contributed by atoms with Crippen molar-refractivity contribution in [3.8, 4) is 0 Å². The second-order valence-electron chi connectivity index (χ2n) is 4.46. The molecule has 0 aromatic heterocycles. The highest BCUT2D eigenvalue weighted by molar-refractivity contribution is 9.10. The van der Waals surface area contributed by atoms with Crippen molar-refractivity contribution in [3.63, 3.8) is 0 Å². The van der Waals surface area contributed by atoms with Crippen LogP contribution in [0.2, 0.25) is 0 Å². The summed E-state index contributed by atoms with van der Waals surface area (Å²) in [6.07, 6.45) is 1.70. The standard InChI is InChI=1S/C14H14BrNO4/c1-2-3-6-20-12(17)8-16-11-7-9(15)4-5-10(11)13(18)14(16)19/h4-5,7H,2-3,6,8H2,1H3. The summed E-state index contributed by atoms with van der Waals surface area (Å²) >= 11 is 3.28. The van der Waals surface area contributed by atoms with Crippen LogP contribution in [-0.4, -0.2) is 30.8 Å². The first kappa shape index (κ1) is 14.7. The molecule has 0 radical (unpaired) electrons. The van der Waals surface area contributed by atoms with Gasteiger partial charge in [0.2, 0.25) is 0 Å². The molecule has 0 bridgehead atoms. The predicted octanol–water partition coefficient (Wildman–Crippen LogP) is 2.32. The average molecular weight is 340 g/mol. The number of hydrogen-bond donors (Lipinski definition) is 0. The summed E-state index contributed by atoms with van der Waals surface area (Å²) in [7, 11) is 0. The SMILES string of the molecule is CCCCOC(=O)CN1C(=O)C(=O)c2ccc(Br)cc21. The number of carbonyl (C=O) groups excluding carboxylic acids is 3. The first-order valence-corrected chi connectivity index (χ1v) is 7.15. The summed E-state index contributed by atoms with van der Waals surface area (Å²) in [5.74, 6) is -1.79. The van der Waals surface area contributed by atoms with E-state index in [0.29, 0.717) is 17.9 Å². The number of ether oxygens (including phenoxy) is 1. The van der Waals surface area contributed by atoms with Gasteiger partial charge in [-0.3, -0.25) is 19.3 Å². The van der Waals surface area contributed by atoms with E-state index in [2.05, 4.69) is 15.9 Å². The molecule has 0 aliphatic carbocycles. The summed E-state index contributed by atoms with van der Waals surface area (Å²) in [5, 5.41) is 0. The number of Topliss-reactive ketones (excluding diaryl/α,β-unsaturated/α-hetero) is 1. The van der Waals surface area contributed by atoms with Crippen molar-refractivity contribution >= 4 is 39.3 Å². The van der Waals surface area contributed by atoms with Crippen LogP contribution in [0.4, 0.5) is 5.69 Å². The Bertz CT molecular complexity index is 570. The lowest BCUT2D eigenvalue weighted by Crippen LogP contribution is -2.35. The van der Waals surface area contributed by atoms with Crippen molar-refractivity contribution in [3.05, 3.63) is 28.2 Å². The molecule has 1 heterocycles. The van der Waals surface area contributed by atoms with Crippen molar-refractivity contribution in [1.82, 2.24) is 0 Å². The van der Waals surface area contributed by atoms with Gasteiger partial charge in [-0.1, -0.05) is 29.3 Å².